The van der Waals surface area contributed by atoms with Gasteiger partial charge in [-0.1, -0.05) is 0 Å². The van der Waals surface area contributed by atoms with Crippen LogP contribution in [0.4, 0.5) is 5.95 Å². The highest BCUT2D eigenvalue weighted by molar-refractivity contribution is 7.89. The molecule has 3 heterocycles. The Labute approximate surface area is 145 Å². The maximum absolute atomic E-state index is 12.3. The fourth-order valence-corrected chi connectivity index (χ4v) is 5.06. The van der Waals surface area contributed by atoms with Crippen LogP contribution in [0.25, 0.3) is 11.0 Å². The predicted octanol–water partition coefficient (Wildman–Crippen LogP) is 0.934. The Balaban J connectivity index is 1.39. The Hall–Kier alpha value is -2.00. The largest absolute Gasteiger partial charge is 0.351 e. The molecule has 0 atom stereocenters. The smallest absolute Gasteiger partial charge is 0.249 e. The van der Waals surface area contributed by atoms with Crippen LogP contribution in [0.3, 0.4) is 0 Å². The number of hydrogen-bond donors (Lipinski definition) is 2. The van der Waals surface area contributed by atoms with Crippen LogP contribution in [0.2, 0.25) is 0 Å². The number of pyridine rings is 1. The molecule has 1 aliphatic heterocycles. The summed E-state index contributed by atoms with van der Waals surface area (Å²) in [4.78, 5) is 22.7. The van der Waals surface area contributed by atoms with Gasteiger partial charge in [-0.05, 0) is 37.7 Å². The second-order valence-electron chi connectivity index (χ2n) is 6.86. The van der Waals surface area contributed by atoms with E-state index < -0.39 is 10.0 Å². The molecule has 25 heavy (non-hydrogen) atoms. The predicted molar refractivity (Wildman–Crippen MR) is 94.9 cm³/mol. The van der Waals surface area contributed by atoms with Crippen molar-refractivity contribution in [3.63, 3.8) is 0 Å². The van der Waals surface area contributed by atoms with Crippen LogP contribution in [-0.4, -0.2) is 52.6 Å². The summed E-state index contributed by atoms with van der Waals surface area (Å²) in [5, 5.41) is 4.02. The SMILES string of the molecule is O=c1ccc2cnc(NC3CCN(S(=O)(=O)CC4CC4)CC3)nc2[nH]1. The number of H-pyrrole nitrogens is 1. The summed E-state index contributed by atoms with van der Waals surface area (Å²) in [5.74, 6) is 1.12. The van der Waals surface area contributed by atoms with Crippen molar-refractivity contribution in [1.82, 2.24) is 19.3 Å². The van der Waals surface area contributed by atoms with E-state index in [9.17, 15) is 13.2 Å². The molecule has 0 radical (unpaired) electrons. The Kier molecular flexibility index (Phi) is 4.20. The lowest BCUT2D eigenvalue weighted by Gasteiger charge is -2.31. The van der Waals surface area contributed by atoms with Gasteiger partial charge in [-0.3, -0.25) is 4.79 Å². The number of anilines is 1. The van der Waals surface area contributed by atoms with Gasteiger partial charge in [0.15, 0.2) is 0 Å². The number of fused-ring (bicyclic) bond motifs is 1. The van der Waals surface area contributed by atoms with Crippen LogP contribution in [0, 0.1) is 5.92 Å². The Bertz CT molecular complexity index is 930. The molecule has 2 fully saturated rings. The maximum atomic E-state index is 12.3. The Morgan fingerprint density at radius 2 is 1.96 bits per heavy atom. The van der Waals surface area contributed by atoms with Crippen LogP contribution >= 0.6 is 0 Å². The van der Waals surface area contributed by atoms with Crippen molar-refractivity contribution in [3.05, 3.63) is 28.7 Å². The average Bonchev–Trinajstić information content (AvgIpc) is 3.38. The number of piperidine rings is 1. The van der Waals surface area contributed by atoms with E-state index >= 15 is 0 Å². The minimum atomic E-state index is -3.12. The number of rotatable bonds is 5. The molecule has 2 aromatic heterocycles. The van der Waals surface area contributed by atoms with Crippen molar-refractivity contribution in [2.24, 2.45) is 5.92 Å². The lowest BCUT2D eigenvalue weighted by atomic mass is 10.1. The summed E-state index contributed by atoms with van der Waals surface area (Å²) in [6.07, 6.45) is 5.18. The number of aromatic amines is 1. The summed E-state index contributed by atoms with van der Waals surface area (Å²) in [7, 11) is -3.12. The summed E-state index contributed by atoms with van der Waals surface area (Å²) in [6, 6.07) is 3.25. The zero-order valence-corrected chi connectivity index (χ0v) is 14.6. The van der Waals surface area contributed by atoms with E-state index in [2.05, 4.69) is 20.3 Å². The van der Waals surface area contributed by atoms with Gasteiger partial charge in [0.25, 0.3) is 0 Å². The highest BCUT2D eigenvalue weighted by Crippen LogP contribution is 2.31. The van der Waals surface area contributed by atoms with Gasteiger partial charge >= 0.3 is 0 Å². The average molecular weight is 363 g/mol. The van der Waals surface area contributed by atoms with Gasteiger partial charge in [0.2, 0.25) is 21.5 Å². The second-order valence-corrected chi connectivity index (χ2v) is 8.87. The first-order valence-electron chi connectivity index (χ1n) is 8.60. The summed E-state index contributed by atoms with van der Waals surface area (Å²) >= 11 is 0. The number of hydrogen-bond acceptors (Lipinski definition) is 6. The van der Waals surface area contributed by atoms with Crippen LogP contribution in [0.1, 0.15) is 25.7 Å². The molecular formula is C16H21N5O3S. The number of aromatic nitrogens is 3. The van der Waals surface area contributed by atoms with Crippen LogP contribution in [-0.2, 0) is 10.0 Å². The molecule has 9 heteroatoms. The quantitative estimate of drug-likeness (QED) is 0.818. The van der Waals surface area contributed by atoms with Gasteiger partial charge in [0, 0.05) is 36.8 Å². The molecule has 2 aliphatic rings. The van der Waals surface area contributed by atoms with Crippen LogP contribution in [0.5, 0.6) is 0 Å². The summed E-state index contributed by atoms with van der Waals surface area (Å²) < 4.78 is 26.3. The molecule has 134 valence electrons. The third-order valence-corrected chi connectivity index (χ3v) is 6.84. The van der Waals surface area contributed by atoms with E-state index in [1.54, 1.807) is 16.6 Å². The topological polar surface area (TPSA) is 108 Å². The van der Waals surface area contributed by atoms with Gasteiger partial charge in [-0.2, -0.15) is 4.98 Å². The summed E-state index contributed by atoms with van der Waals surface area (Å²) in [6.45, 7) is 1.05. The molecule has 0 spiro atoms. The van der Waals surface area contributed by atoms with Gasteiger partial charge in [0.05, 0.1) is 5.75 Å². The van der Waals surface area contributed by atoms with Crippen LogP contribution in [0.15, 0.2) is 23.1 Å². The molecule has 2 aromatic rings. The fourth-order valence-electron chi connectivity index (χ4n) is 3.16. The standard InChI is InChI=1S/C16H21N5O3S/c22-14-4-3-12-9-17-16(20-15(12)19-14)18-13-5-7-21(8-6-13)25(23,24)10-11-1-2-11/h3-4,9,11,13H,1-2,5-8,10H2,(H2,17,18,19,20,22). The zero-order valence-electron chi connectivity index (χ0n) is 13.8. The molecule has 1 saturated carbocycles. The highest BCUT2D eigenvalue weighted by Gasteiger charge is 2.34. The first-order valence-corrected chi connectivity index (χ1v) is 10.2. The fraction of sp³-hybridized carbons (Fsp3) is 0.562. The molecule has 0 amide bonds. The van der Waals surface area contributed by atoms with Gasteiger partial charge in [-0.15, -0.1) is 0 Å². The lowest BCUT2D eigenvalue weighted by molar-refractivity contribution is 0.328. The monoisotopic (exact) mass is 363 g/mol. The molecular weight excluding hydrogens is 342 g/mol. The molecule has 2 N–H and O–H groups in total. The van der Waals surface area contributed by atoms with E-state index in [0.717, 1.165) is 31.1 Å². The lowest BCUT2D eigenvalue weighted by Crippen LogP contribution is -2.43. The van der Waals surface area contributed by atoms with E-state index in [0.29, 0.717) is 36.4 Å². The normalized spacial score (nSPS) is 20.0. The number of nitrogens with zero attached hydrogens (tertiary/aromatic N) is 3. The Morgan fingerprint density at radius 1 is 1.20 bits per heavy atom. The Morgan fingerprint density at radius 3 is 2.68 bits per heavy atom. The molecule has 0 aromatic carbocycles. The van der Waals surface area contributed by atoms with Crippen molar-refractivity contribution in [2.45, 2.75) is 31.7 Å². The zero-order chi connectivity index (χ0) is 17.4. The molecule has 8 nitrogen and oxygen atoms in total. The van der Waals surface area contributed by atoms with E-state index in [4.69, 9.17) is 0 Å². The molecule has 0 unspecified atom stereocenters. The van der Waals surface area contributed by atoms with Crippen LogP contribution < -0.4 is 10.9 Å². The van der Waals surface area contributed by atoms with Gasteiger partial charge < -0.3 is 10.3 Å². The number of nitrogens with one attached hydrogen (secondary N) is 2. The van der Waals surface area contributed by atoms with Crippen molar-refractivity contribution in [2.75, 3.05) is 24.2 Å². The van der Waals surface area contributed by atoms with Crippen molar-refractivity contribution < 1.29 is 8.42 Å². The molecule has 4 rings (SSSR count). The third-order valence-electron chi connectivity index (χ3n) is 4.80. The summed E-state index contributed by atoms with van der Waals surface area (Å²) in [5.41, 5.74) is 0.292. The first kappa shape index (κ1) is 16.5. The maximum Gasteiger partial charge on any atom is 0.249 e. The minimum Gasteiger partial charge on any atom is -0.351 e. The van der Waals surface area contributed by atoms with Crippen molar-refractivity contribution in [3.8, 4) is 0 Å². The highest BCUT2D eigenvalue weighted by atomic mass is 32.2. The van der Waals surface area contributed by atoms with E-state index in [-0.39, 0.29) is 11.6 Å². The van der Waals surface area contributed by atoms with Gasteiger partial charge in [-0.25, -0.2) is 17.7 Å². The number of sulfonamides is 1. The van der Waals surface area contributed by atoms with Crippen molar-refractivity contribution in [1.29, 1.82) is 0 Å². The molecule has 0 bridgehead atoms. The van der Waals surface area contributed by atoms with Gasteiger partial charge in [0.1, 0.15) is 5.65 Å². The van der Waals surface area contributed by atoms with Crippen molar-refractivity contribution >= 4 is 27.0 Å². The minimum absolute atomic E-state index is 0.125. The van der Waals surface area contributed by atoms with E-state index in [1.807, 2.05) is 0 Å². The molecule has 1 saturated heterocycles. The first-order chi connectivity index (χ1) is 12.0. The van der Waals surface area contributed by atoms with E-state index in [1.165, 1.54) is 6.07 Å². The molecule has 1 aliphatic carbocycles. The second kappa shape index (κ2) is 6.38. The third kappa shape index (κ3) is 3.82.